The van der Waals surface area contributed by atoms with Crippen LogP contribution in [0.15, 0.2) is 114 Å². The number of hydrogen-bond acceptors (Lipinski definition) is 4. The molecule has 0 amide bonds. The van der Waals surface area contributed by atoms with E-state index in [4.69, 9.17) is 32.9 Å². The van der Waals surface area contributed by atoms with Crippen molar-refractivity contribution in [1.82, 2.24) is 9.97 Å². The molecule has 0 aliphatic carbocycles. The van der Waals surface area contributed by atoms with Crippen molar-refractivity contribution in [2.24, 2.45) is 4.99 Å². The van der Waals surface area contributed by atoms with Crippen LogP contribution in [0.3, 0.4) is 0 Å². The summed E-state index contributed by atoms with van der Waals surface area (Å²) in [6, 6.07) is 30.2. The monoisotopic (exact) mass is 541 g/mol. The van der Waals surface area contributed by atoms with E-state index < -0.39 is 5.82 Å². The second kappa shape index (κ2) is 12.0. The molecule has 1 aromatic heterocycles. The standard InChI is InChI=1S/C31H22Cl2FN3O/c32-27-14-15-28(34)29(33)26(27)16-17-38-25-13-7-12-23(18-25)31-35-19-24(20-36-31)37-30(21-8-3-1-4-9-21)22-10-5-2-6-11-22/h1-15,18-20H,16-17H2. The first-order valence-electron chi connectivity index (χ1n) is 12.0. The van der Waals surface area contributed by atoms with Crippen molar-refractivity contribution in [3.8, 4) is 17.1 Å². The number of benzene rings is 4. The quantitative estimate of drug-likeness (QED) is 0.146. The minimum absolute atomic E-state index is 0.0219. The van der Waals surface area contributed by atoms with Crippen molar-refractivity contribution in [1.29, 1.82) is 0 Å². The number of aromatic nitrogens is 2. The molecule has 4 nitrogen and oxygen atoms in total. The molecule has 0 aliphatic rings. The first kappa shape index (κ1) is 25.6. The van der Waals surface area contributed by atoms with Crippen LogP contribution >= 0.6 is 23.2 Å². The lowest BCUT2D eigenvalue weighted by molar-refractivity contribution is 0.322. The number of hydrogen-bond donors (Lipinski definition) is 0. The summed E-state index contributed by atoms with van der Waals surface area (Å²) in [5, 5.41) is 0.432. The van der Waals surface area contributed by atoms with Gasteiger partial charge in [0.1, 0.15) is 17.3 Å². The van der Waals surface area contributed by atoms with Crippen molar-refractivity contribution in [2.75, 3.05) is 6.61 Å². The predicted molar refractivity (Wildman–Crippen MR) is 151 cm³/mol. The van der Waals surface area contributed by atoms with Crippen LogP contribution in [0.2, 0.25) is 10.0 Å². The zero-order chi connectivity index (χ0) is 26.3. The highest BCUT2D eigenvalue weighted by Gasteiger charge is 2.12. The van der Waals surface area contributed by atoms with E-state index in [0.717, 1.165) is 22.4 Å². The third-order valence-corrected chi connectivity index (χ3v) is 6.59. The molecular formula is C31H22Cl2FN3O. The Hall–Kier alpha value is -4.06. The Kier molecular flexibility index (Phi) is 8.07. The largest absolute Gasteiger partial charge is 0.493 e. The van der Waals surface area contributed by atoms with Gasteiger partial charge in [0.05, 0.1) is 29.7 Å². The average Bonchev–Trinajstić information content (AvgIpc) is 2.97. The van der Waals surface area contributed by atoms with E-state index in [1.807, 2.05) is 84.9 Å². The summed E-state index contributed by atoms with van der Waals surface area (Å²) in [4.78, 5) is 13.9. The number of halogens is 3. The van der Waals surface area contributed by atoms with E-state index in [9.17, 15) is 4.39 Å². The molecule has 0 saturated heterocycles. The molecule has 0 atom stereocenters. The Morgan fingerprint density at radius 2 is 1.45 bits per heavy atom. The Labute approximate surface area is 230 Å². The van der Waals surface area contributed by atoms with Crippen molar-refractivity contribution in [3.05, 3.63) is 142 Å². The van der Waals surface area contributed by atoms with Crippen LogP contribution in [0.5, 0.6) is 5.75 Å². The predicted octanol–water partition coefficient (Wildman–Crippen LogP) is 8.38. The van der Waals surface area contributed by atoms with Crippen molar-refractivity contribution < 1.29 is 9.13 Å². The van der Waals surface area contributed by atoms with Crippen LogP contribution in [-0.4, -0.2) is 22.3 Å². The van der Waals surface area contributed by atoms with Crippen LogP contribution in [-0.2, 0) is 6.42 Å². The number of nitrogens with zero attached hydrogens (tertiary/aromatic N) is 3. The molecule has 0 aliphatic heterocycles. The van der Waals surface area contributed by atoms with Crippen LogP contribution in [0.1, 0.15) is 16.7 Å². The summed E-state index contributed by atoms with van der Waals surface area (Å²) in [6.45, 7) is 0.280. The molecule has 0 spiro atoms. The molecule has 0 radical (unpaired) electrons. The molecule has 0 fully saturated rings. The molecule has 5 rings (SSSR count). The lowest BCUT2D eigenvalue weighted by Gasteiger charge is -2.10. The fourth-order valence-corrected chi connectivity index (χ4v) is 4.50. The van der Waals surface area contributed by atoms with Gasteiger partial charge in [0, 0.05) is 28.1 Å². The van der Waals surface area contributed by atoms with E-state index in [1.165, 1.54) is 12.1 Å². The van der Waals surface area contributed by atoms with Crippen LogP contribution < -0.4 is 4.74 Å². The summed E-state index contributed by atoms with van der Waals surface area (Å²) in [5.74, 6) is 0.677. The summed E-state index contributed by atoms with van der Waals surface area (Å²) in [6.07, 6.45) is 3.78. The molecule has 7 heteroatoms. The summed E-state index contributed by atoms with van der Waals surface area (Å²) in [7, 11) is 0. The van der Waals surface area contributed by atoms with Crippen molar-refractivity contribution in [2.45, 2.75) is 6.42 Å². The van der Waals surface area contributed by atoms with Crippen molar-refractivity contribution >= 4 is 34.6 Å². The Bertz CT molecular complexity index is 1520. The molecule has 38 heavy (non-hydrogen) atoms. The average molecular weight is 542 g/mol. The lowest BCUT2D eigenvalue weighted by Crippen LogP contribution is -2.03. The molecule has 5 aromatic rings. The second-order valence-electron chi connectivity index (χ2n) is 8.41. The minimum atomic E-state index is -0.502. The third kappa shape index (κ3) is 6.08. The van der Waals surface area contributed by atoms with Crippen LogP contribution in [0.4, 0.5) is 10.1 Å². The second-order valence-corrected chi connectivity index (χ2v) is 9.19. The summed E-state index contributed by atoms with van der Waals surface area (Å²) in [5.41, 5.74) is 4.83. The van der Waals surface area contributed by atoms with Gasteiger partial charge in [-0.2, -0.15) is 0 Å². The molecule has 1 heterocycles. The molecule has 188 valence electrons. The van der Waals surface area contributed by atoms with Gasteiger partial charge >= 0.3 is 0 Å². The van der Waals surface area contributed by atoms with E-state index in [0.29, 0.717) is 34.3 Å². The van der Waals surface area contributed by atoms with Gasteiger partial charge in [0.25, 0.3) is 0 Å². The summed E-state index contributed by atoms with van der Waals surface area (Å²) >= 11 is 12.2. The first-order chi connectivity index (χ1) is 18.6. The molecule has 0 bridgehead atoms. The zero-order valence-corrected chi connectivity index (χ0v) is 21.7. The van der Waals surface area contributed by atoms with Crippen LogP contribution in [0.25, 0.3) is 11.4 Å². The van der Waals surface area contributed by atoms with E-state index in [2.05, 4.69) is 9.97 Å². The lowest BCUT2D eigenvalue weighted by atomic mass is 10.0. The van der Waals surface area contributed by atoms with E-state index in [-0.39, 0.29) is 11.6 Å². The molecule has 0 saturated carbocycles. The Balaban J connectivity index is 1.32. The minimum Gasteiger partial charge on any atom is -0.493 e. The van der Waals surface area contributed by atoms with E-state index >= 15 is 0 Å². The fourth-order valence-electron chi connectivity index (χ4n) is 3.94. The fraction of sp³-hybridized carbons (Fsp3) is 0.0645. The summed E-state index contributed by atoms with van der Waals surface area (Å²) < 4.78 is 19.6. The SMILES string of the molecule is Fc1ccc(Cl)c(CCOc2cccc(-c3ncc(N=C(c4ccccc4)c4ccccc4)cn3)c2)c1Cl. The van der Waals surface area contributed by atoms with Gasteiger partial charge in [-0.15, -0.1) is 0 Å². The molecule has 0 N–H and O–H groups in total. The van der Waals surface area contributed by atoms with Gasteiger partial charge < -0.3 is 4.74 Å². The number of rotatable bonds is 8. The molecule has 0 unspecified atom stereocenters. The third-order valence-electron chi connectivity index (χ3n) is 5.83. The Morgan fingerprint density at radius 1 is 0.789 bits per heavy atom. The van der Waals surface area contributed by atoms with Gasteiger partial charge in [-0.25, -0.2) is 19.4 Å². The smallest absolute Gasteiger partial charge is 0.159 e. The van der Waals surface area contributed by atoms with Gasteiger partial charge in [-0.1, -0.05) is 96.0 Å². The number of ether oxygens (including phenoxy) is 1. The maximum atomic E-state index is 13.8. The van der Waals surface area contributed by atoms with Gasteiger partial charge in [-0.05, 0) is 29.8 Å². The van der Waals surface area contributed by atoms with E-state index in [1.54, 1.807) is 12.4 Å². The highest BCUT2D eigenvalue weighted by molar-refractivity contribution is 6.36. The van der Waals surface area contributed by atoms with Gasteiger partial charge in [0.15, 0.2) is 5.82 Å². The molecular weight excluding hydrogens is 520 g/mol. The van der Waals surface area contributed by atoms with Gasteiger partial charge in [0.2, 0.25) is 0 Å². The first-order valence-corrected chi connectivity index (χ1v) is 12.7. The maximum absolute atomic E-state index is 13.8. The Morgan fingerprint density at radius 3 is 2.11 bits per heavy atom. The normalized spacial score (nSPS) is 10.7. The van der Waals surface area contributed by atoms with Gasteiger partial charge in [-0.3, -0.25) is 0 Å². The van der Waals surface area contributed by atoms with Crippen molar-refractivity contribution in [3.63, 3.8) is 0 Å². The number of aliphatic imine (C=N–C) groups is 1. The topological polar surface area (TPSA) is 47.4 Å². The highest BCUT2D eigenvalue weighted by atomic mass is 35.5. The highest BCUT2D eigenvalue weighted by Crippen LogP contribution is 2.28. The zero-order valence-electron chi connectivity index (χ0n) is 20.2. The molecule has 4 aromatic carbocycles. The van der Waals surface area contributed by atoms with Crippen LogP contribution in [0, 0.1) is 5.82 Å². The maximum Gasteiger partial charge on any atom is 0.159 e.